The van der Waals surface area contributed by atoms with Crippen LogP contribution in [0.15, 0.2) is 35.2 Å². The van der Waals surface area contributed by atoms with Crippen molar-refractivity contribution in [1.29, 1.82) is 0 Å². The molecule has 0 N–H and O–H groups in total. The maximum atomic E-state index is 12.9. The van der Waals surface area contributed by atoms with Crippen molar-refractivity contribution in [3.05, 3.63) is 41.7 Å². The maximum absolute atomic E-state index is 12.9. The molecule has 2 heterocycles. The molecule has 1 aromatic carbocycles. The van der Waals surface area contributed by atoms with Gasteiger partial charge in [0.25, 0.3) is 0 Å². The van der Waals surface area contributed by atoms with Crippen LogP contribution in [-0.4, -0.2) is 55.0 Å². The predicted octanol–water partition coefficient (Wildman–Crippen LogP) is 2.39. The molecule has 0 unspecified atom stereocenters. The Hall–Kier alpha value is -2.19. The molecule has 27 heavy (non-hydrogen) atoms. The fourth-order valence-electron chi connectivity index (χ4n) is 3.07. The van der Waals surface area contributed by atoms with Gasteiger partial charge in [-0.1, -0.05) is 12.1 Å². The van der Waals surface area contributed by atoms with Crippen molar-refractivity contribution >= 4 is 15.8 Å². The number of hydrogen-bond donors (Lipinski definition) is 0. The number of hydrogen-bond acceptors (Lipinski definition) is 6. The summed E-state index contributed by atoms with van der Waals surface area (Å²) in [5.74, 6) is 1.95. The number of sulfonamides is 1. The molecule has 1 aliphatic rings. The number of aromatic nitrogens is 2. The second kappa shape index (κ2) is 7.82. The molecule has 3 rings (SSSR count). The van der Waals surface area contributed by atoms with Crippen LogP contribution in [0.4, 0.5) is 5.82 Å². The number of aryl methyl sites for hydroxylation is 2. The van der Waals surface area contributed by atoms with Crippen LogP contribution in [0.25, 0.3) is 0 Å². The van der Waals surface area contributed by atoms with E-state index in [0.717, 1.165) is 11.4 Å². The average molecular weight is 391 g/mol. The van der Waals surface area contributed by atoms with E-state index in [0.29, 0.717) is 42.8 Å². The van der Waals surface area contributed by atoms with E-state index in [2.05, 4.69) is 14.9 Å². The number of anilines is 1. The summed E-state index contributed by atoms with van der Waals surface area (Å²) >= 11 is 0. The number of nitrogens with zero attached hydrogens (tertiary/aromatic N) is 4. The quantitative estimate of drug-likeness (QED) is 0.780. The van der Waals surface area contributed by atoms with Crippen molar-refractivity contribution in [2.45, 2.75) is 38.7 Å². The molecule has 0 atom stereocenters. The van der Waals surface area contributed by atoms with Gasteiger partial charge in [-0.05, 0) is 45.4 Å². The summed E-state index contributed by atoms with van der Waals surface area (Å²) in [5, 5.41) is 0. The Morgan fingerprint density at radius 2 is 1.74 bits per heavy atom. The Labute approximate surface area is 161 Å². The van der Waals surface area contributed by atoms with Crippen LogP contribution in [0.1, 0.15) is 25.2 Å². The third-order valence-corrected chi connectivity index (χ3v) is 6.24. The highest BCUT2D eigenvalue weighted by Gasteiger charge is 2.29. The van der Waals surface area contributed by atoms with Crippen molar-refractivity contribution in [3.8, 4) is 5.88 Å². The van der Waals surface area contributed by atoms with Crippen LogP contribution in [0.2, 0.25) is 0 Å². The van der Waals surface area contributed by atoms with Crippen molar-refractivity contribution in [1.82, 2.24) is 14.3 Å². The summed E-state index contributed by atoms with van der Waals surface area (Å²) in [6, 6.07) is 8.85. The van der Waals surface area contributed by atoms with Gasteiger partial charge in [-0.2, -0.15) is 9.29 Å². The van der Waals surface area contributed by atoms with E-state index in [-0.39, 0.29) is 6.10 Å². The minimum absolute atomic E-state index is 0.0310. The molecule has 0 aliphatic carbocycles. The van der Waals surface area contributed by atoms with Gasteiger partial charge in [0.2, 0.25) is 15.9 Å². The molecule has 0 spiro atoms. The summed E-state index contributed by atoms with van der Waals surface area (Å²) in [7, 11) is -3.47. The lowest BCUT2D eigenvalue weighted by Gasteiger charge is -2.34. The molecule has 7 nitrogen and oxygen atoms in total. The van der Waals surface area contributed by atoms with E-state index in [4.69, 9.17) is 4.74 Å². The Balaban J connectivity index is 1.73. The zero-order valence-electron chi connectivity index (χ0n) is 16.2. The summed E-state index contributed by atoms with van der Waals surface area (Å²) in [6.07, 6.45) is 0.0310. The second-order valence-electron chi connectivity index (χ2n) is 6.99. The fraction of sp³-hybridized carbons (Fsp3) is 0.474. The van der Waals surface area contributed by atoms with Crippen LogP contribution in [0, 0.1) is 13.8 Å². The van der Waals surface area contributed by atoms with Gasteiger partial charge >= 0.3 is 0 Å². The van der Waals surface area contributed by atoms with E-state index < -0.39 is 10.0 Å². The van der Waals surface area contributed by atoms with E-state index in [1.54, 1.807) is 18.2 Å². The molecule has 146 valence electrons. The summed E-state index contributed by atoms with van der Waals surface area (Å²) in [6.45, 7) is 9.60. The number of benzene rings is 1. The highest BCUT2D eigenvalue weighted by molar-refractivity contribution is 7.89. The second-order valence-corrected chi connectivity index (χ2v) is 8.92. The topological polar surface area (TPSA) is 75.6 Å². The number of ether oxygens (including phenoxy) is 1. The lowest BCUT2D eigenvalue weighted by molar-refractivity contribution is 0.231. The van der Waals surface area contributed by atoms with Gasteiger partial charge in [-0.15, -0.1) is 0 Å². The third kappa shape index (κ3) is 4.56. The Morgan fingerprint density at radius 1 is 1.04 bits per heavy atom. The van der Waals surface area contributed by atoms with E-state index in [1.165, 1.54) is 4.31 Å². The molecule has 0 saturated carbocycles. The molecule has 0 amide bonds. The minimum Gasteiger partial charge on any atom is -0.475 e. The molecule has 0 bridgehead atoms. The molecule has 0 radical (unpaired) electrons. The SMILES string of the molecule is Cc1cccc(S(=O)(=O)N2CCN(c3cc(OC(C)C)nc(C)n3)CC2)c1. The first-order valence-electron chi connectivity index (χ1n) is 9.10. The highest BCUT2D eigenvalue weighted by Crippen LogP contribution is 2.23. The van der Waals surface area contributed by atoms with Crippen LogP contribution in [0.5, 0.6) is 5.88 Å². The summed E-state index contributed by atoms with van der Waals surface area (Å²) < 4.78 is 33.0. The first-order valence-corrected chi connectivity index (χ1v) is 10.5. The van der Waals surface area contributed by atoms with Gasteiger partial charge in [0.05, 0.1) is 11.0 Å². The molecular weight excluding hydrogens is 364 g/mol. The van der Waals surface area contributed by atoms with E-state index in [1.807, 2.05) is 39.8 Å². The zero-order valence-corrected chi connectivity index (χ0v) is 17.0. The van der Waals surface area contributed by atoms with Crippen molar-refractivity contribution in [2.24, 2.45) is 0 Å². The Kier molecular flexibility index (Phi) is 5.67. The van der Waals surface area contributed by atoms with Crippen molar-refractivity contribution in [3.63, 3.8) is 0 Å². The fourth-order valence-corrected chi connectivity index (χ4v) is 4.60. The van der Waals surface area contributed by atoms with Gasteiger partial charge in [0.15, 0.2) is 0 Å². The Morgan fingerprint density at radius 3 is 2.37 bits per heavy atom. The molecule has 2 aromatic rings. The smallest absolute Gasteiger partial charge is 0.243 e. The van der Waals surface area contributed by atoms with Gasteiger partial charge < -0.3 is 9.64 Å². The van der Waals surface area contributed by atoms with Crippen LogP contribution < -0.4 is 9.64 Å². The van der Waals surface area contributed by atoms with Crippen LogP contribution in [0.3, 0.4) is 0 Å². The first-order chi connectivity index (χ1) is 12.8. The van der Waals surface area contributed by atoms with Crippen LogP contribution in [-0.2, 0) is 10.0 Å². The molecule has 1 saturated heterocycles. The maximum Gasteiger partial charge on any atom is 0.243 e. The van der Waals surface area contributed by atoms with Crippen molar-refractivity contribution < 1.29 is 13.2 Å². The van der Waals surface area contributed by atoms with Crippen molar-refractivity contribution in [2.75, 3.05) is 31.1 Å². The van der Waals surface area contributed by atoms with Gasteiger partial charge in [0, 0.05) is 32.2 Å². The van der Waals surface area contributed by atoms with E-state index in [9.17, 15) is 8.42 Å². The highest BCUT2D eigenvalue weighted by atomic mass is 32.2. The minimum atomic E-state index is -3.47. The largest absolute Gasteiger partial charge is 0.475 e. The summed E-state index contributed by atoms with van der Waals surface area (Å²) in [5.41, 5.74) is 0.934. The molecule has 1 aliphatic heterocycles. The monoisotopic (exact) mass is 390 g/mol. The normalized spacial score (nSPS) is 16.0. The zero-order chi connectivity index (χ0) is 19.6. The number of rotatable bonds is 5. The van der Waals surface area contributed by atoms with Crippen LogP contribution >= 0.6 is 0 Å². The lowest BCUT2D eigenvalue weighted by Crippen LogP contribution is -2.49. The first kappa shape index (κ1) is 19.6. The standard InChI is InChI=1S/C19H26N4O3S/c1-14(2)26-19-13-18(20-16(4)21-19)22-8-10-23(11-9-22)27(24,25)17-7-5-6-15(3)12-17/h5-7,12-14H,8-11H2,1-4H3. The molecule has 8 heteroatoms. The molecule has 1 fully saturated rings. The summed E-state index contributed by atoms with van der Waals surface area (Å²) in [4.78, 5) is 11.2. The van der Waals surface area contributed by atoms with Gasteiger partial charge in [0.1, 0.15) is 11.6 Å². The molecular formula is C19H26N4O3S. The number of piperazine rings is 1. The third-order valence-electron chi connectivity index (χ3n) is 4.35. The van der Waals surface area contributed by atoms with Gasteiger partial charge in [-0.25, -0.2) is 13.4 Å². The van der Waals surface area contributed by atoms with Gasteiger partial charge in [-0.3, -0.25) is 0 Å². The molecule has 1 aromatic heterocycles. The predicted molar refractivity (Wildman–Crippen MR) is 105 cm³/mol. The Bertz CT molecular complexity index is 907. The lowest BCUT2D eigenvalue weighted by atomic mass is 10.2. The van der Waals surface area contributed by atoms with E-state index >= 15 is 0 Å². The average Bonchev–Trinajstić information content (AvgIpc) is 2.61.